The Morgan fingerprint density at radius 3 is 2.78 bits per heavy atom. The van der Waals surface area contributed by atoms with E-state index in [1.807, 2.05) is 13.8 Å². The Kier molecular flexibility index (Phi) is 5.35. The van der Waals surface area contributed by atoms with Crippen LogP contribution in [0.5, 0.6) is 0 Å². The van der Waals surface area contributed by atoms with E-state index in [0.717, 1.165) is 12.8 Å². The molecule has 0 spiro atoms. The third kappa shape index (κ3) is 3.87. The molecule has 0 aliphatic rings. The highest BCUT2D eigenvalue weighted by molar-refractivity contribution is 5.75. The van der Waals surface area contributed by atoms with Crippen molar-refractivity contribution in [1.29, 1.82) is 0 Å². The normalized spacial score (nSPS) is 10.3. The first-order valence-corrected chi connectivity index (χ1v) is 6.21. The second kappa shape index (κ2) is 6.78. The lowest BCUT2D eigenvalue weighted by Crippen LogP contribution is -2.34. The van der Waals surface area contributed by atoms with E-state index in [9.17, 15) is 9.59 Å². The summed E-state index contributed by atoms with van der Waals surface area (Å²) >= 11 is 0. The zero-order chi connectivity index (χ0) is 13.5. The summed E-state index contributed by atoms with van der Waals surface area (Å²) < 4.78 is 1.18. The van der Waals surface area contributed by atoms with Crippen molar-refractivity contribution in [2.45, 2.75) is 39.7 Å². The van der Waals surface area contributed by atoms with E-state index >= 15 is 0 Å². The number of nitrogens with two attached hydrogens (primary N) is 1. The van der Waals surface area contributed by atoms with Gasteiger partial charge in [-0.3, -0.25) is 14.2 Å². The van der Waals surface area contributed by atoms with Gasteiger partial charge in [-0.1, -0.05) is 20.3 Å². The molecule has 0 unspecified atom stereocenters. The van der Waals surface area contributed by atoms with Gasteiger partial charge in [0, 0.05) is 18.3 Å². The molecule has 0 saturated heterocycles. The van der Waals surface area contributed by atoms with E-state index in [4.69, 9.17) is 5.73 Å². The Bertz CT molecular complexity index is 468. The molecule has 0 aliphatic heterocycles. The lowest BCUT2D eigenvalue weighted by Gasteiger charge is -2.09. The molecule has 0 bridgehead atoms. The van der Waals surface area contributed by atoms with Crippen LogP contribution in [0.1, 0.15) is 32.4 Å². The molecule has 100 valence electrons. The zero-order valence-corrected chi connectivity index (χ0v) is 10.9. The Morgan fingerprint density at radius 2 is 2.22 bits per heavy atom. The van der Waals surface area contributed by atoms with Gasteiger partial charge in [0.2, 0.25) is 11.9 Å². The van der Waals surface area contributed by atoms with Gasteiger partial charge in [-0.15, -0.1) is 0 Å². The standard InChI is InChI=1S/C12H20N4O2/c1-3-5-6-14-10(17)8-16-11(18)7-9(4-2)15-12(16)13/h7H,3-6,8H2,1-2H3,(H2,13,15)(H,14,17). The second-order valence-electron chi connectivity index (χ2n) is 4.09. The summed E-state index contributed by atoms with van der Waals surface area (Å²) in [5.74, 6) is -0.131. The number of hydrogen-bond donors (Lipinski definition) is 2. The molecule has 0 aliphatic carbocycles. The summed E-state index contributed by atoms with van der Waals surface area (Å²) in [5, 5.41) is 2.73. The summed E-state index contributed by atoms with van der Waals surface area (Å²) in [7, 11) is 0. The summed E-state index contributed by atoms with van der Waals surface area (Å²) in [4.78, 5) is 27.4. The summed E-state index contributed by atoms with van der Waals surface area (Å²) in [6, 6.07) is 1.41. The van der Waals surface area contributed by atoms with E-state index in [1.54, 1.807) is 0 Å². The first-order valence-electron chi connectivity index (χ1n) is 6.21. The predicted molar refractivity (Wildman–Crippen MR) is 70.2 cm³/mol. The smallest absolute Gasteiger partial charge is 0.255 e. The number of amides is 1. The number of carbonyl (C=O) groups is 1. The highest BCUT2D eigenvalue weighted by Gasteiger charge is 2.09. The number of aryl methyl sites for hydroxylation is 1. The Balaban J connectivity index is 2.73. The molecule has 0 aromatic carbocycles. The molecule has 6 nitrogen and oxygen atoms in total. The van der Waals surface area contributed by atoms with E-state index in [1.165, 1.54) is 10.6 Å². The van der Waals surface area contributed by atoms with Crippen molar-refractivity contribution in [3.63, 3.8) is 0 Å². The average molecular weight is 252 g/mol. The summed E-state index contributed by atoms with van der Waals surface area (Å²) in [6.07, 6.45) is 2.57. The predicted octanol–water partition coefficient (Wildman–Crippen LogP) is 0.304. The van der Waals surface area contributed by atoms with Gasteiger partial charge in [0.25, 0.3) is 5.56 Å². The highest BCUT2D eigenvalue weighted by atomic mass is 16.2. The first kappa shape index (κ1) is 14.2. The van der Waals surface area contributed by atoms with Gasteiger partial charge in [-0.2, -0.15) is 0 Å². The van der Waals surface area contributed by atoms with Crippen LogP contribution >= 0.6 is 0 Å². The molecule has 1 rings (SSSR count). The van der Waals surface area contributed by atoms with Crippen molar-refractivity contribution >= 4 is 11.9 Å². The molecule has 0 atom stereocenters. The van der Waals surface area contributed by atoms with Crippen molar-refractivity contribution in [3.05, 3.63) is 22.1 Å². The molecule has 1 aromatic rings. The number of unbranched alkanes of at least 4 members (excludes halogenated alkanes) is 1. The Labute approximate surface area is 106 Å². The van der Waals surface area contributed by atoms with Crippen LogP contribution in [0.25, 0.3) is 0 Å². The number of nitrogen functional groups attached to an aromatic ring is 1. The molecule has 18 heavy (non-hydrogen) atoms. The number of rotatable bonds is 6. The van der Waals surface area contributed by atoms with Crippen molar-refractivity contribution in [3.8, 4) is 0 Å². The number of nitrogens with one attached hydrogen (secondary N) is 1. The van der Waals surface area contributed by atoms with Crippen LogP contribution < -0.4 is 16.6 Å². The molecule has 6 heteroatoms. The van der Waals surface area contributed by atoms with Gasteiger partial charge < -0.3 is 11.1 Å². The zero-order valence-electron chi connectivity index (χ0n) is 10.9. The largest absolute Gasteiger partial charge is 0.369 e. The summed E-state index contributed by atoms with van der Waals surface area (Å²) in [6.45, 7) is 4.47. The van der Waals surface area contributed by atoms with Gasteiger partial charge in [-0.25, -0.2) is 4.98 Å². The van der Waals surface area contributed by atoms with Crippen molar-refractivity contribution in [1.82, 2.24) is 14.9 Å². The van der Waals surface area contributed by atoms with Crippen LogP contribution in [0.4, 0.5) is 5.95 Å². The Hall–Kier alpha value is -1.85. The monoisotopic (exact) mass is 252 g/mol. The maximum absolute atomic E-state index is 11.7. The fourth-order valence-electron chi connectivity index (χ4n) is 1.52. The number of carbonyl (C=O) groups excluding carboxylic acids is 1. The molecule has 0 saturated carbocycles. The van der Waals surface area contributed by atoms with E-state index in [2.05, 4.69) is 10.3 Å². The van der Waals surface area contributed by atoms with Crippen molar-refractivity contribution in [2.75, 3.05) is 12.3 Å². The minimum atomic E-state index is -0.287. The van der Waals surface area contributed by atoms with Crippen molar-refractivity contribution < 1.29 is 4.79 Å². The minimum absolute atomic E-state index is 0.0780. The van der Waals surface area contributed by atoms with E-state index in [-0.39, 0.29) is 24.0 Å². The molecular weight excluding hydrogens is 232 g/mol. The molecule has 0 radical (unpaired) electrons. The SMILES string of the molecule is CCCCNC(=O)Cn1c(N)nc(CC)cc1=O. The van der Waals surface area contributed by atoms with Gasteiger partial charge in [0.15, 0.2) is 0 Å². The second-order valence-corrected chi connectivity index (χ2v) is 4.09. The maximum atomic E-state index is 11.7. The van der Waals surface area contributed by atoms with Crippen LogP contribution in [-0.4, -0.2) is 22.0 Å². The third-order valence-corrected chi connectivity index (χ3v) is 2.61. The average Bonchev–Trinajstić information content (AvgIpc) is 2.34. The van der Waals surface area contributed by atoms with Crippen LogP contribution in [-0.2, 0) is 17.8 Å². The van der Waals surface area contributed by atoms with Crippen molar-refractivity contribution in [2.24, 2.45) is 0 Å². The fourth-order valence-corrected chi connectivity index (χ4v) is 1.52. The third-order valence-electron chi connectivity index (χ3n) is 2.61. The molecule has 1 heterocycles. The molecule has 1 aromatic heterocycles. The Morgan fingerprint density at radius 1 is 1.50 bits per heavy atom. The molecular formula is C12H20N4O2. The minimum Gasteiger partial charge on any atom is -0.369 e. The fraction of sp³-hybridized carbons (Fsp3) is 0.583. The van der Waals surface area contributed by atoms with Gasteiger partial charge in [-0.05, 0) is 12.8 Å². The van der Waals surface area contributed by atoms with Gasteiger partial charge in [0.05, 0.1) is 0 Å². The van der Waals surface area contributed by atoms with Gasteiger partial charge in [0.1, 0.15) is 6.54 Å². The quantitative estimate of drug-likeness (QED) is 0.713. The van der Waals surface area contributed by atoms with Crippen LogP contribution in [0, 0.1) is 0 Å². The molecule has 0 fully saturated rings. The lowest BCUT2D eigenvalue weighted by atomic mass is 10.3. The van der Waals surface area contributed by atoms with Crippen LogP contribution in [0.2, 0.25) is 0 Å². The molecule has 3 N–H and O–H groups in total. The molecule has 1 amide bonds. The van der Waals surface area contributed by atoms with Crippen LogP contribution in [0.15, 0.2) is 10.9 Å². The number of anilines is 1. The van der Waals surface area contributed by atoms with Crippen LogP contribution in [0.3, 0.4) is 0 Å². The number of aromatic nitrogens is 2. The van der Waals surface area contributed by atoms with E-state index < -0.39 is 0 Å². The topological polar surface area (TPSA) is 90.0 Å². The van der Waals surface area contributed by atoms with E-state index in [0.29, 0.717) is 18.7 Å². The number of hydrogen-bond acceptors (Lipinski definition) is 4. The first-order chi connectivity index (χ1) is 8.58. The summed E-state index contributed by atoms with van der Waals surface area (Å²) in [5.41, 5.74) is 6.02. The highest BCUT2D eigenvalue weighted by Crippen LogP contribution is 1.98. The number of nitrogens with zero attached hydrogens (tertiary/aromatic N) is 2. The van der Waals surface area contributed by atoms with Gasteiger partial charge >= 0.3 is 0 Å². The maximum Gasteiger partial charge on any atom is 0.255 e. The lowest BCUT2D eigenvalue weighted by molar-refractivity contribution is -0.121.